The molecule has 0 radical (unpaired) electrons. The van der Waals surface area contributed by atoms with Crippen molar-refractivity contribution in [2.45, 2.75) is 59.0 Å². The van der Waals surface area contributed by atoms with E-state index < -0.39 is 0 Å². The van der Waals surface area contributed by atoms with Crippen LogP contribution in [0.15, 0.2) is 18.2 Å². The lowest BCUT2D eigenvalue weighted by atomic mass is 9.75. The monoisotopic (exact) mass is 276 g/mol. The first-order chi connectivity index (χ1) is 9.37. The molecule has 1 aromatic rings. The zero-order valence-electron chi connectivity index (χ0n) is 12.6. The Balaban J connectivity index is 1.92. The number of benzene rings is 1. The van der Waals surface area contributed by atoms with E-state index in [1.54, 1.807) is 13.0 Å². The summed E-state index contributed by atoms with van der Waals surface area (Å²) in [6.07, 6.45) is 4.89. The molecule has 0 heterocycles. The van der Waals surface area contributed by atoms with Crippen molar-refractivity contribution in [2.75, 3.05) is 0 Å². The molecule has 110 valence electrons. The van der Waals surface area contributed by atoms with Crippen LogP contribution in [0.25, 0.3) is 0 Å². The van der Waals surface area contributed by atoms with Crippen LogP contribution in [0.2, 0.25) is 0 Å². The highest BCUT2D eigenvalue weighted by Crippen LogP contribution is 2.35. The average molecular weight is 276 g/mol. The third kappa shape index (κ3) is 3.79. The molecule has 0 unspecified atom stereocenters. The number of nitro benzene ring substituents is 1. The molecule has 0 amide bonds. The molecular weight excluding hydrogens is 252 g/mol. The van der Waals surface area contributed by atoms with Crippen molar-refractivity contribution < 1.29 is 4.92 Å². The molecule has 0 aromatic heterocycles. The number of nitro groups is 1. The Labute approximate surface area is 120 Å². The topological polar surface area (TPSA) is 55.2 Å². The molecule has 1 aliphatic carbocycles. The van der Waals surface area contributed by atoms with Crippen LogP contribution in [0.4, 0.5) is 5.69 Å². The maximum atomic E-state index is 10.9. The molecule has 20 heavy (non-hydrogen) atoms. The highest BCUT2D eigenvalue weighted by Gasteiger charge is 2.26. The van der Waals surface area contributed by atoms with E-state index in [0.29, 0.717) is 18.0 Å². The molecule has 1 aliphatic rings. The van der Waals surface area contributed by atoms with E-state index in [1.165, 1.54) is 25.7 Å². The van der Waals surface area contributed by atoms with Crippen molar-refractivity contribution >= 4 is 5.69 Å². The molecule has 1 aromatic carbocycles. The minimum atomic E-state index is -0.304. The van der Waals surface area contributed by atoms with Gasteiger partial charge in [-0.1, -0.05) is 26.0 Å². The number of aryl methyl sites for hydroxylation is 1. The first-order valence-corrected chi connectivity index (χ1v) is 7.35. The summed E-state index contributed by atoms with van der Waals surface area (Å²) in [4.78, 5) is 10.6. The zero-order valence-corrected chi connectivity index (χ0v) is 12.6. The van der Waals surface area contributed by atoms with Crippen LogP contribution in [0.1, 0.15) is 50.7 Å². The Morgan fingerprint density at radius 3 is 2.60 bits per heavy atom. The molecule has 1 saturated carbocycles. The van der Waals surface area contributed by atoms with E-state index in [9.17, 15) is 10.1 Å². The third-order valence-electron chi connectivity index (χ3n) is 4.40. The predicted octanol–water partition coefficient (Wildman–Crippen LogP) is 3.96. The Morgan fingerprint density at radius 2 is 2.00 bits per heavy atom. The van der Waals surface area contributed by atoms with Gasteiger partial charge in [-0.3, -0.25) is 10.1 Å². The lowest BCUT2D eigenvalue weighted by molar-refractivity contribution is -0.385. The zero-order chi connectivity index (χ0) is 14.8. The van der Waals surface area contributed by atoms with Gasteiger partial charge in [-0.25, -0.2) is 0 Å². The van der Waals surface area contributed by atoms with Gasteiger partial charge in [-0.15, -0.1) is 0 Å². The van der Waals surface area contributed by atoms with E-state index in [-0.39, 0.29) is 10.6 Å². The molecule has 4 nitrogen and oxygen atoms in total. The summed E-state index contributed by atoms with van der Waals surface area (Å²) in [5.41, 5.74) is 2.40. The van der Waals surface area contributed by atoms with Crippen molar-refractivity contribution in [3.8, 4) is 0 Å². The lowest BCUT2D eigenvalue weighted by Gasteiger charge is -2.34. The second-order valence-electron chi connectivity index (χ2n) is 6.70. The summed E-state index contributed by atoms with van der Waals surface area (Å²) in [5.74, 6) is 0. The summed E-state index contributed by atoms with van der Waals surface area (Å²) in [6, 6.07) is 6.04. The standard InChI is InChI=1S/C16H24N2O2/c1-12-4-5-13(10-15(12)18(19)20)11-17-14-6-8-16(2,3)9-7-14/h4-5,10,14,17H,6-9,11H2,1-3H3. The van der Waals surface area contributed by atoms with Gasteiger partial charge in [0.15, 0.2) is 0 Å². The fourth-order valence-corrected chi connectivity index (χ4v) is 2.83. The van der Waals surface area contributed by atoms with E-state index in [4.69, 9.17) is 0 Å². The van der Waals surface area contributed by atoms with Gasteiger partial charge in [0.05, 0.1) is 4.92 Å². The van der Waals surface area contributed by atoms with E-state index in [2.05, 4.69) is 19.2 Å². The number of hydrogen-bond acceptors (Lipinski definition) is 3. The summed E-state index contributed by atoms with van der Waals surface area (Å²) < 4.78 is 0. The fourth-order valence-electron chi connectivity index (χ4n) is 2.83. The van der Waals surface area contributed by atoms with Crippen molar-refractivity contribution in [3.63, 3.8) is 0 Å². The van der Waals surface area contributed by atoms with Crippen molar-refractivity contribution in [3.05, 3.63) is 39.4 Å². The van der Waals surface area contributed by atoms with Crippen LogP contribution in [-0.4, -0.2) is 11.0 Å². The predicted molar refractivity (Wildman–Crippen MR) is 80.7 cm³/mol. The molecule has 0 bridgehead atoms. The Morgan fingerprint density at radius 1 is 1.35 bits per heavy atom. The lowest BCUT2D eigenvalue weighted by Crippen LogP contribution is -2.35. The fraction of sp³-hybridized carbons (Fsp3) is 0.625. The Kier molecular flexibility index (Phi) is 4.43. The number of rotatable bonds is 4. The van der Waals surface area contributed by atoms with Crippen LogP contribution < -0.4 is 5.32 Å². The van der Waals surface area contributed by atoms with Gasteiger partial charge in [-0.05, 0) is 43.6 Å². The second-order valence-corrected chi connectivity index (χ2v) is 6.70. The van der Waals surface area contributed by atoms with E-state index in [0.717, 1.165) is 11.1 Å². The third-order valence-corrected chi connectivity index (χ3v) is 4.40. The summed E-state index contributed by atoms with van der Waals surface area (Å²) in [6.45, 7) is 7.14. The van der Waals surface area contributed by atoms with Gasteiger partial charge in [0, 0.05) is 24.2 Å². The molecule has 2 rings (SSSR count). The van der Waals surface area contributed by atoms with Gasteiger partial charge in [0.25, 0.3) is 5.69 Å². The van der Waals surface area contributed by atoms with Crippen LogP contribution in [-0.2, 0) is 6.54 Å². The normalized spacial score (nSPS) is 18.9. The molecule has 1 N–H and O–H groups in total. The minimum absolute atomic E-state index is 0.217. The molecule has 1 fully saturated rings. The molecule has 0 spiro atoms. The van der Waals surface area contributed by atoms with Crippen LogP contribution >= 0.6 is 0 Å². The van der Waals surface area contributed by atoms with Crippen LogP contribution in [0.5, 0.6) is 0 Å². The highest BCUT2D eigenvalue weighted by atomic mass is 16.6. The quantitative estimate of drug-likeness (QED) is 0.669. The number of nitrogens with zero attached hydrogens (tertiary/aromatic N) is 1. The van der Waals surface area contributed by atoms with Gasteiger partial charge in [0.1, 0.15) is 0 Å². The first kappa shape index (κ1) is 15.0. The van der Waals surface area contributed by atoms with E-state index >= 15 is 0 Å². The molecule has 0 saturated heterocycles. The molecule has 0 aliphatic heterocycles. The summed E-state index contributed by atoms with van der Waals surface area (Å²) in [7, 11) is 0. The first-order valence-electron chi connectivity index (χ1n) is 7.35. The number of nitrogens with one attached hydrogen (secondary N) is 1. The molecule has 0 atom stereocenters. The SMILES string of the molecule is Cc1ccc(CNC2CCC(C)(C)CC2)cc1[N+](=O)[O-]. The van der Waals surface area contributed by atoms with Gasteiger partial charge >= 0.3 is 0 Å². The van der Waals surface area contributed by atoms with Crippen molar-refractivity contribution in [2.24, 2.45) is 5.41 Å². The van der Waals surface area contributed by atoms with Crippen molar-refractivity contribution in [1.29, 1.82) is 0 Å². The van der Waals surface area contributed by atoms with Crippen LogP contribution in [0, 0.1) is 22.5 Å². The maximum Gasteiger partial charge on any atom is 0.272 e. The number of hydrogen-bond donors (Lipinski definition) is 1. The van der Waals surface area contributed by atoms with Gasteiger partial charge < -0.3 is 5.32 Å². The highest BCUT2D eigenvalue weighted by molar-refractivity contribution is 5.42. The maximum absolute atomic E-state index is 10.9. The minimum Gasteiger partial charge on any atom is -0.310 e. The largest absolute Gasteiger partial charge is 0.310 e. The van der Waals surface area contributed by atoms with Crippen molar-refractivity contribution in [1.82, 2.24) is 5.32 Å². The summed E-state index contributed by atoms with van der Waals surface area (Å²) >= 11 is 0. The van der Waals surface area contributed by atoms with Gasteiger partial charge in [-0.2, -0.15) is 0 Å². The van der Waals surface area contributed by atoms with Gasteiger partial charge in [0.2, 0.25) is 0 Å². The Bertz CT molecular complexity index is 487. The smallest absolute Gasteiger partial charge is 0.272 e. The Hall–Kier alpha value is -1.42. The second kappa shape index (κ2) is 5.92. The summed E-state index contributed by atoms with van der Waals surface area (Å²) in [5, 5.41) is 14.5. The van der Waals surface area contributed by atoms with Crippen LogP contribution in [0.3, 0.4) is 0 Å². The molecular formula is C16H24N2O2. The molecule has 4 heteroatoms. The average Bonchev–Trinajstić information content (AvgIpc) is 2.38. The van der Waals surface area contributed by atoms with E-state index in [1.807, 2.05) is 12.1 Å².